The maximum Gasteiger partial charge on any atom is 0.416 e. The van der Waals surface area contributed by atoms with Crippen LogP contribution in [0.1, 0.15) is 24.5 Å². The zero-order valence-electron chi connectivity index (χ0n) is 11.2. The summed E-state index contributed by atoms with van der Waals surface area (Å²) in [7, 11) is 0. The summed E-state index contributed by atoms with van der Waals surface area (Å²) in [6.07, 6.45) is -2.32. The molecular formula is C16H16F3N. The van der Waals surface area contributed by atoms with Gasteiger partial charge in [0.2, 0.25) is 0 Å². The molecule has 0 heterocycles. The van der Waals surface area contributed by atoms with Gasteiger partial charge in [-0.15, -0.1) is 0 Å². The Kier molecular flexibility index (Phi) is 4.02. The van der Waals surface area contributed by atoms with Crippen LogP contribution in [0.4, 0.5) is 18.9 Å². The number of rotatable bonds is 3. The van der Waals surface area contributed by atoms with Gasteiger partial charge < -0.3 is 5.73 Å². The molecule has 0 radical (unpaired) electrons. The van der Waals surface area contributed by atoms with E-state index in [2.05, 4.69) is 6.92 Å². The topological polar surface area (TPSA) is 26.0 Å². The SMILES string of the molecule is CCCc1ccc(-c2ccc(C(F)(F)F)cc2N)cc1. The van der Waals surface area contributed by atoms with Crippen molar-refractivity contribution in [1.29, 1.82) is 0 Å². The Morgan fingerprint density at radius 1 is 1.00 bits per heavy atom. The summed E-state index contributed by atoms with van der Waals surface area (Å²) in [5.41, 5.74) is 7.83. The van der Waals surface area contributed by atoms with Gasteiger partial charge in [-0.3, -0.25) is 0 Å². The zero-order chi connectivity index (χ0) is 14.8. The van der Waals surface area contributed by atoms with Gasteiger partial charge in [-0.1, -0.05) is 43.7 Å². The summed E-state index contributed by atoms with van der Waals surface area (Å²) >= 11 is 0. The van der Waals surface area contributed by atoms with Crippen molar-refractivity contribution in [3.63, 3.8) is 0 Å². The molecule has 0 saturated heterocycles. The Morgan fingerprint density at radius 2 is 1.65 bits per heavy atom. The highest BCUT2D eigenvalue weighted by Crippen LogP contribution is 2.34. The van der Waals surface area contributed by atoms with E-state index in [0.717, 1.165) is 30.5 Å². The normalized spacial score (nSPS) is 11.6. The average molecular weight is 279 g/mol. The van der Waals surface area contributed by atoms with E-state index in [-0.39, 0.29) is 5.69 Å². The smallest absolute Gasteiger partial charge is 0.398 e. The summed E-state index contributed by atoms with van der Waals surface area (Å²) < 4.78 is 37.8. The molecule has 0 bridgehead atoms. The van der Waals surface area contributed by atoms with Crippen molar-refractivity contribution in [1.82, 2.24) is 0 Å². The maximum atomic E-state index is 12.6. The lowest BCUT2D eigenvalue weighted by atomic mass is 9.99. The molecule has 0 spiro atoms. The number of nitrogens with two attached hydrogens (primary N) is 1. The van der Waals surface area contributed by atoms with E-state index in [0.29, 0.717) is 5.56 Å². The molecule has 0 aliphatic heterocycles. The minimum atomic E-state index is -4.36. The summed E-state index contributed by atoms with van der Waals surface area (Å²) in [5, 5.41) is 0. The van der Waals surface area contributed by atoms with Crippen LogP contribution in [0, 0.1) is 0 Å². The van der Waals surface area contributed by atoms with Gasteiger partial charge in [0.1, 0.15) is 0 Å². The maximum absolute atomic E-state index is 12.6. The Balaban J connectivity index is 2.33. The monoisotopic (exact) mass is 279 g/mol. The second-order valence-electron chi connectivity index (χ2n) is 4.75. The van der Waals surface area contributed by atoms with Crippen molar-refractivity contribution in [2.75, 3.05) is 5.73 Å². The summed E-state index contributed by atoms with van der Waals surface area (Å²) in [6, 6.07) is 11.2. The predicted octanol–water partition coefficient (Wildman–Crippen LogP) is 4.91. The van der Waals surface area contributed by atoms with Crippen LogP contribution < -0.4 is 5.73 Å². The molecule has 0 fully saturated rings. The van der Waals surface area contributed by atoms with E-state index >= 15 is 0 Å². The molecule has 2 aromatic carbocycles. The second kappa shape index (κ2) is 5.57. The van der Waals surface area contributed by atoms with Gasteiger partial charge in [0, 0.05) is 11.3 Å². The van der Waals surface area contributed by atoms with Crippen LogP contribution in [0.25, 0.3) is 11.1 Å². The lowest BCUT2D eigenvalue weighted by molar-refractivity contribution is -0.137. The number of hydrogen-bond acceptors (Lipinski definition) is 1. The number of aryl methyl sites for hydroxylation is 1. The molecule has 4 heteroatoms. The van der Waals surface area contributed by atoms with Crippen LogP contribution in [0.3, 0.4) is 0 Å². The van der Waals surface area contributed by atoms with E-state index in [1.807, 2.05) is 24.3 Å². The standard InChI is InChI=1S/C16H16F3N/c1-2-3-11-4-6-12(7-5-11)14-9-8-13(10-15(14)20)16(17,18)19/h4-10H,2-3,20H2,1H3. The van der Waals surface area contributed by atoms with E-state index in [1.165, 1.54) is 11.6 Å². The van der Waals surface area contributed by atoms with Crippen LogP contribution in [-0.4, -0.2) is 0 Å². The van der Waals surface area contributed by atoms with E-state index in [9.17, 15) is 13.2 Å². The fourth-order valence-electron chi connectivity index (χ4n) is 2.14. The molecule has 0 atom stereocenters. The van der Waals surface area contributed by atoms with Crippen LogP contribution >= 0.6 is 0 Å². The van der Waals surface area contributed by atoms with Crippen LogP contribution in [0.15, 0.2) is 42.5 Å². The van der Waals surface area contributed by atoms with Crippen molar-refractivity contribution in [3.8, 4) is 11.1 Å². The third kappa shape index (κ3) is 3.13. The fraction of sp³-hybridized carbons (Fsp3) is 0.250. The molecule has 0 aliphatic rings. The minimum Gasteiger partial charge on any atom is -0.398 e. The zero-order valence-corrected chi connectivity index (χ0v) is 11.2. The molecule has 20 heavy (non-hydrogen) atoms. The third-order valence-corrected chi connectivity index (χ3v) is 3.18. The molecule has 2 rings (SSSR count). The van der Waals surface area contributed by atoms with Crippen molar-refractivity contribution in [2.45, 2.75) is 25.9 Å². The van der Waals surface area contributed by atoms with Crippen molar-refractivity contribution in [2.24, 2.45) is 0 Å². The lowest BCUT2D eigenvalue weighted by Gasteiger charge is -2.11. The number of alkyl halides is 3. The molecule has 106 valence electrons. The molecule has 0 unspecified atom stereocenters. The summed E-state index contributed by atoms with van der Waals surface area (Å²) in [4.78, 5) is 0. The quantitative estimate of drug-likeness (QED) is 0.794. The van der Waals surface area contributed by atoms with Gasteiger partial charge in [0.15, 0.2) is 0 Å². The summed E-state index contributed by atoms with van der Waals surface area (Å²) in [5.74, 6) is 0. The van der Waals surface area contributed by atoms with Crippen molar-refractivity contribution >= 4 is 5.69 Å². The van der Waals surface area contributed by atoms with Crippen molar-refractivity contribution < 1.29 is 13.2 Å². The van der Waals surface area contributed by atoms with Crippen LogP contribution in [0.2, 0.25) is 0 Å². The third-order valence-electron chi connectivity index (χ3n) is 3.18. The molecule has 2 N–H and O–H groups in total. The van der Waals surface area contributed by atoms with Gasteiger partial charge in [0.25, 0.3) is 0 Å². The highest BCUT2D eigenvalue weighted by atomic mass is 19.4. The molecule has 2 aromatic rings. The Labute approximate surface area is 116 Å². The molecule has 0 aliphatic carbocycles. The largest absolute Gasteiger partial charge is 0.416 e. The van der Waals surface area contributed by atoms with Crippen LogP contribution in [-0.2, 0) is 12.6 Å². The molecule has 0 saturated carbocycles. The number of anilines is 1. The lowest BCUT2D eigenvalue weighted by Crippen LogP contribution is -2.05. The Hall–Kier alpha value is -1.97. The molecular weight excluding hydrogens is 263 g/mol. The first kappa shape index (κ1) is 14.4. The van der Waals surface area contributed by atoms with Crippen LogP contribution in [0.5, 0.6) is 0 Å². The molecule has 1 nitrogen and oxygen atoms in total. The van der Waals surface area contributed by atoms with Gasteiger partial charge >= 0.3 is 6.18 Å². The highest BCUT2D eigenvalue weighted by molar-refractivity contribution is 5.77. The first-order valence-electron chi connectivity index (χ1n) is 6.48. The van der Waals surface area contributed by atoms with E-state index in [1.54, 1.807) is 0 Å². The highest BCUT2D eigenvalue weighted by Gasteiger charge is 2.30. The van der Waals surface area contributed by atoms with Gasteiger partial charge in [0.05, 0.1) is 5.56 Å². The average Bonchev–Trinajstić information content (AvgIpc) is 2.39. The first-order chi connectivity index (χ1) is 9.41. The Morgan fingerprint density at radius 3 is 2.15 bits per heavy atom. The predicted molar refractivity (Wildman–Crippen MR) is 75.3 cm³/mol. The Bertz CT molecular complexity index is 586. The number of halogens is 3. The van der Waals surface area contributed by atoms with Gasteiger partial charge in [-0.2, -0.15) is 13.2 Å². The van der Waals surface area contributed by atoms with Gasteiger partial charge in [-0.05, 0) is 29.7 Å². The summed E-state index contributed by atoms with van der Waals surface area (Å²) in [6.45, 7) is 2.10. The minimum absolute atomic E-state index is 0.142. The van der Waals surface area contributed by atoms with Crippen molar-refractivity contribution in [3.05, 3.63) is 53.6 Å². The molecule has 0 amide bonds. The van der Waals surface area contributed by atoms with Gasteiger partial charge in [-0.25, -0.2) is 0 Å². The number of benzene rings is 2. The number of hydrogen-bond donors (Lipinski definition) is 1. The fourth-order valence-corrected chi connectivity index (χ4v) is 2.14. The van der Waals surface area contributed by atoms with E-state index < -0.39 is 11.7 Å². The van der Waals surface area contributed by atoms with E-state index in [4.69, 9.17) is 5.73 Å². The number of nitrogen functional groups attached to an aromatic ring is 1. The first-order valence-corrected chi connectivity index (χ1v) is 6.48. The molecule has 0 aromatic heterocycles. The second-order valence-corrected chi connectivity index (χ2v) is 4.75.